The first-order valence-corrected chi connectivity index (χ1v) is 5.99. The summed E-state index contributed by atoms with van der Waals surface area (Å²) < 4.78 is 0. The van der Waals surface area contributed by atoms with E-state index in [0.717, 1.165) is 18.8 Å². The van der Waals surface area contributed by atoms with Gasteiger partial charge >= 0.3 is 0 Å². The van der Waals surface area contributed by atoms with Gasteiger partial charge in [0, 0.05) is 5.54 Å². The number of likely N-dealkylation sites (N-methyl/N-ethyl adjacent to an activating group) is 1. The molecule has 1 aliphatic rings. The molecule has 3 atom stereocenters. The van der Waals surface area contributed by atoms with Gasteiger partial charge in [0.15, 0.2) is 0 Å². The maximum absolute atomic E-state index is 10.3. The zero-order valence-electron chi connectivity index (χ0n) is 10.4. The summed E-state index contributed by atoms with van der Waals surface area (Å²) in [6.45, 7) is 6.02. The Bertz CT molecular complexity index is 215. The summed E-state index contributed by atoms with van der Waals surface area (Å²) >= 11 is 0. The molecule has 1 rings (SSSR count). The van der Waals surface area contributed by atoms with Gasteiger partial charge in [0.25, 0.3) is 0 Å². The second-order valence-corrected chi connectivity index (χ2v) is 5.24. The van der Waals surface area contributed by atoms with Crippen molar-refractivity contribution in [3.8, 4) is 0 Å². The van der Waals surface area contributed by atoms with E-state index in [1.165, 1.54) is 12.8 Å². The lowest BCUT2D eigenvalue weighted by Crippen LogP contribution is -2.55. The highest BCUT2D eigenvalue weighted by molar-refractivity contribution is 5.00. The quantitative estimate of drug-likeness (QED) is 0.722. The molecule has 0 spiro atoms. The Morgan fingerprint density at radius 3 is 2.73 bits per heavy atom. The van der Waals surface area contributed by atoms with Crippen LogP contribution < -0.4 is 0 Å². The molecule has 0 saturated heterocycles. The van der Waals surface area contributed by atoms with Gasteiger partial charge in [-0.1, -0.05) is 25.8 Å². The van der Waals surface area contributed by atoms with Gasteiger partial charge in [-0.2, -0.15) is 0 Å². The fourth-order valence-corrected chi connectivity index (χ4v) is 2.95. The van der Waals surface area contributed by atoms with E-state index >= 15 is 0 Å². The van der Waals surface area contributed by atoms with Crippen LogP contribution in [0.1, 0.15) is 39.0 Å². The van der Waals surface area contributed by atoms with Crippen molar-refractivity contribution in [2.24, 2.45) is 5.92 Å². The minimum Gasteiger partial charge on any atom is -0.391 e. The van der Waals surface area contributed by atoms with Gasteiger partial charge in [0.2, 0.25) is 0 Å². The molecule has 0 amide bonds. The predicted octanol–water partition coefficient (Wildman–Crippen LogP) is 2.43. The number of aliphatic hydroxyl groups is 1. The summed E-state index contributed by atoms with van der Waals surface area (Å²) in [5.41, 5.74) is -0.0220. The summed E-state index contributed by atoms with van der Waals surface area (Å²) in [4.78, 5) is 2.22. The molecule has 0 bridgehead atoms. The van der Waals surface area contributed by atoms with Crippen LogP contribution in [0.15, 0.2) is 12.7 Å². The highest BCUT2D eigenvalue weighted by atomic mass is 16.3. The monoisotopic (exact) mass is 211 g/mol. The molecular weight excluding hydrogens is 186 g/mol. The molecule has 1 N–H and O–H groups in total. The first kappa shape index (κ1) is 12.7. The van der Waals surface area contributed by atoms with Gasteiger partial charge < -0.3 is 10.0 Å². The fraction of sp³-hybridized carbons (Fsp3) is 0.846. The van der Waals surface area contributed by atoms with Crippen LogP contribution in [0.5, 0.6) is 0 Å². The fourth-order valence-electron chi connectivity index (χ4n) is 2.95. The second-order valence-electron chi connectivity index (χ2n) is 5.24. The summed E-state index contributed by atoms with van der Waals surface area (Å²) in [5, 5.41) is 10.3. The van der Waals surface area contributed by atoms with E-state index in [1.54, 1.807) is 0 Å². The third-order valence-electron chi connectivity index (χ3n) is 3.91. The minimum atomic E-state index is -0.271. The molecule has 0 aromatic carbocycles. The lowest BCUT2D eigenvalue weighted by Gasteiger charge is -2.48. The first-order valence-electron chi connectivity index (χ1n) is 5.99. The second kappa shape index (κ2) is 5.13. The number of aliphatic hydroxyl groups excluding tert-OH is 1. The lowest BCUT2D eigenvalue weighted by molar-refractivity contribution is -0.0411. The minimum absolute atomic E-state index is 0.0220. The molecule has 2 heteroatoms. The maximum atomic E-state index is 10.3. The van der Waals surface area contributed by atoms with Crippen LogP contribution in [-0.4, -0.2) is 35.7 Å². The van der Waals surface area contributed by atoms with Crippen molar-refractivity contribution < 1.29 is 5.11 Å². The maximum Gasteiger partial charge on any atom is 0.0757 e. The number of rotatable bonds is 4. The van der Waals surface area contributed by atoms with Gasteiger partial charge in [-0.3, -0.25) is 0 Å². The van der Waals surface area contributed by atoms with Crippen LogP contribution in [-0.2, 0) is 0 Å². The van der Waals surface area contributed by atoms with Crippen LogP contribution in [0, 0.1) is 5.92 Å². The van der Waals surface area contributed by atoms with E-state index in [-0.39, 0.29) is 11.6 Å². The van der Waals surface area contributed by atoms with E-state index in [4.69, 9.17) is 0 Å². The third-order valence-corrected chi connectivity index (χ3v) is 3.91. The van der Waals surface area contributed by atoms with Crippen LogP contribution in [0.4, 0.5) is 0 Å². The SMILES string of the molecule is C=CCC(O)C1(N(C)C)CCCC(C)C1. The van der Waals surface area contributed by atoms with E-state index in [0.29, 0.717) is 6.42 Å². The summed E-state index contributed by atoms with van der Waals surface area (Å²) in [7, 11) is 4.18. The molecule has 2 nitrogen and oxygen atoms in total. The summed E-state index contributed by atoms with van der Waals surface area (Å²) in [6.07, 6.45) is 7.01. The predicted molar refractivity (Wildman–Crippen MR) is 64.9 cm³/mol. The molecule has 88 valence electrons. The van der Waals surface area contributed by atoms with Crippen molar-refractivity contribution in [3.05, 3.63) is 12.7 Å². The first-order chi connectivity index (χ1) is 7.03. The molecule has 15 heavy (non-hydrogen) atoms. The zero-order valence-corrected chi connectivity index (χ0v) is 10.4. The standard InChI is InChI=1S/C13H25NO/c1-5-7-12(15)13(14(3)4)9-6-8-11(2)10-13/h5,11-12,15H,1,6-10H2,2-4H3. The van der Waals surface area contributed by atoms with Crippen molar-refractivity contribution in [1.82, 2.24) is 4.90 Å². The molecule has 1 saturated carbocycles. The molecule has 0 aromatic rings. The Balaban J connectivity index is 2.81. The average Bonchev–Trinajstić information content (AvgIpc) is 2.17. The van der Waals surface area contributed by atoms with E-state index < -0.39 is 0 Å². The van der Waals surface area contributed by atoms with E-state index in [1.807, 2.05) is 6.08 Å². The normalized spacial score (nSPS) is 34.1. The number of hydrogen-bond donors (Lipinski definition) is 1. The van der Waals surface area contributed by atoms with Crippen molar-refractivity contribution in [2.75, 3.05) is 14.1 Å². The number of nitrogens with zero attached hydrogens (tertiary/aromatic N) is 1. The van der Waals surface area contributed by atoms with Crippen molar-refractivity contribution in [1.29, 1.82) is 0 Å². The average molecular weight is 211 g/mol. The smallest absolute Gasteiger partial charge is 0.0757 e. The van der Waals surface area contributed by atoms with Crippen LogP contribution in [0.2, 0.25) is 0 Å². The van der Waals surface area contributed by atoms with Gasteiger partial charge in [-0.25, -0.2) is 0 Å². The van der Waals surface area contributed by atoms with Gasteiger partial charge in [-0.05, 0) is 39.3 Å². The summed E-state index contributed by atoms with van der Waals surface area (Å²) in [5.74, 6) is 0.723. The lowest BCUT2D eigenvalue weighted by atomic mass is 9.71. The van der Waals surface area contributed by atoms with E-state index in [2.05, 4.69) is 32.5 Å². The topological polar surface area (TPSA) is 23.5 Å². The Morgan fingerprint density at radius 2 is 2.27 bits per heavy atom. The highest BCUT2D eigenvalue weighted by Gasteiger charge is 2.42. The molecule has 0 aromatic heterocycles. The van der Waals surface area contributed by atoms with Gasteiger partial charge in [0.05, 0.1) is 6.10 Å². The molecule has 0 heterocycles. The Hall–Kier alpha value is -0.340. The van der Waals surface area contributed by atoms with Crippen LogP contribution >= 0.6 is 0 Å². The molecular formula is C13H25NO. The molecule has 0 radical (unpaired) electrons. The largest absolute Gasteiger partial charge is 0.391 e. The Labute approximate surface area is 94.0 Å². The molecule has 3 unspecified atom stereocenters. The third kappa shape index (κ3) is 2.61. The van der Waals surface area contributed by atoms with Gasteiger partial charge in [-0.15, -0.1) is 6.58 Å². The van der Waals surface area contributed by atoms with Crippen LogP contribution in [0.3, 0.4) is 0 Å². The Kier molecular flexibility index (Phi) is 4.35. The summed E-state index contributed by atoms with van der Waals surface area (Å²) in [6, 6.07) is 0. The number of hydrogen-bond acceptors (Lipinski definition) is 2. The van der Waals surface area contributed by atoms with Crippen molar-refractivity contribution in [3.63, 3.8) is 0 Å². The zero-order chi connectivity index (χ0) is 11.5. The molecule has 1 fully saturated rings. The molecule has 1 aliphatic carbocycles. The highest BCUT2D eigenvalue weighted by Crippen LogP contribution is 2.39. The van der Waals surface area contributed by atoms with E-state index in [9.17, 15) is 5.11 Å². The van der Waals surface area contributed by atoms with Gasteiger partial charge in [0.1, 0.15) is 0 Å². The molecule has 0 aliphatic heterocycles. The van der Waals surface area contributed by atoms with Crippen molar-refractivity contribution >= 4 is 0 Å². The van der Waals surface area contributed by atoms with Crippen molar-refractivity contribution in [2.45, 2.75) is 50.7 Å². The Morgan fingerprint density at radius 1 is 1.60 bits per heavy atom. The van der Waals surface area contributed by atoms with Crippen LogP contribution in [0.25, 0.3) is 0 Å².